The van der Waals surface area contributed by atoms with E-state index in [2.05, 4.69) is 35.6 Å². The van der Waals surface area contributed by atoms with Crippen LogP contribution in [0.1, 0.15) is 31.2 Å². The van der Waals surface area contributed by atoms with E-state index in [0.29, 0.717) is 0 Å². The summed E-state index contributed by atoms with van der Waals surface area (Å²) in [4.78, 5) is 0. The number of hydrogen-bond donors (Lipinski definition) is 1. The van der Waals surface area contributed by atoms with E-state index in [1.54, 1.807) is 0 Å². The second-order valence-electron chi connectivity index (χ2n) is 5.17. The Labute approximate surface area is 91.9 Å². The van der Waals surface area contributed by atoms with Gasteiger partial charge in [0.15, 0.2) is 0 Å². The maximum Gasteiger partial charge on any atom is 0.00729 e. The number of fused-ring (bicyclic) bond motifs is 2. The summed E-state index contributed by atoms with van der Waals surface area (Å²) in [5.41, 5.74) is 1.52. The normalized spacial score (nSPS) is 34.3. The molecule has 1 heteroatoms. The zero-order valence-electron chi connectivity index (χ0n) is 9.15. The van der Waals surface area contributed by atoms with Crippen molar-refractivity contribution in [2.75, 3.05) is 0 Å². The molecule has 2 heterocycles. The minimum atomic E-state index is 0.831. The lowest BCUT2D eigenvalue weighted by molar-refractivity contribution is 0.298. The zero-order valence-corrected chi connectivity index (χ0v) is 9.15. The van der Waals surface area contributed by atoms with Gasteiger partial charge in [-0.05, 0) is 43.6 Å². The van der Waals surface area contributed by atoms with Crippen molar-refractivity contribution in [1.29, 1.82) is 0 Å². The van der Waals surface area contributed by atoms with Crippen LogP contribution in [0.5, 0.6) is 0 Å². The van der Waals surface area contributed by atoms with Crippen molar-refractivity contribution in [3.05, 3.63) is 35.9 Å². The Bertz CT molecular complexity index is 307. The highest BCUT2D eigenvalue weighted by Gasteiger charge is 2.33. The van der Waals surface area contributed by atoms with Crippen LogP contribution >= 0.6 is 0 Å². The highest BCUT2D eigenvalue weighted by Crippen LogP contribution is 2.32. The molecule has 2 atom stereocenters. The molecular weight excluding hydrogens is 182 g/mol. The van der Waals surface area contributed by atoms with E-state index in [9.17, 15) is 0 Å². The third-order valence-electron chi connectivity index (χ3n) is 3.94. The van der Waals surface area contributed by atoms with Crippen LogP contribution in [0.4, 0.5) is 0 Å². The highest BCUT2D eigenvalue weighted by molar-refractivity contribution is 5.15. The maximum absolute atomic E-state index is 3.71. The van der Waals surface area contributed by atoms with Crippen molar-refractivity contribution in [2.24, 2.45) is 5.92 Å². The first kappa shape index (κ1) is 9.41. The van der Waals surface area contributed by atoms with Gasteiger partial charge in [-0.15, -0.1) is 0 Å². The van der Waals surface area contributed by atoms with Gasteiger partial charge in [-0.2, -0.15) is 0 Å². The van der Waals surface area contributed by atoms with Crippen LogP contribution < -0.4 is 5.32 Å². The van der Waals surface area contributed by atoms with Crippen LogP contribution in [-0.2, 0) is 6.42 Å². The van der Waals surface area contributed by atoms with Crippen LogP contribution in [0.2, 0.25) is 0 Å². The maximum atomic E-state index is 3.71. The summed E-state index contributed by atoms with van der Waals surface area (Å²) >= 11 is 0. The van der Waals surface area contributed by atoms with Crippen molar-refractivity contribution >= 4 is 0 Å². The number of nitrogens with one attached hydrogen (secondary N) is 1. The summed E-state index contributed by atoms with van der Waals surface area (Å²) in [6.07, 6.45) is 6.90. The van der Waals surface area contributed by atoms with Gasteiger partial charge in [0.1, 0.15) is 0 Å². The van der Waals surface area contributed by atoms with E-state index >= 15 is 0 Å². The van der Waals surface area contributed by atoms with Crippen molar-refractivity contribution in [3.63, 3.8) is 0 Å². The molecule has 1 N–H and O–H groups in total. The molecule has 0 unspecified atom stereocenters. The topological polar surface area (TPSA) is 12.0 Å². The lowest BCUT2D eigenvalue weighted by atomic mass is 9.87. The SMILES string of the molecule is c1ccc(CC2C[C@@H]3CC[C@@H](C2)N3)cc1. The van der Waals surface area contributed by atoms with Gasteiger partial charge in [-0.3, -0.25) is 0 Å². The van der Waals surface area contributed by atoms with Gasteiger partial charge in [0.2, 0.25) is 0 Å². The highest BCUT2D eigenvalue weighted by atomic mass is 15.0. The summed E-state index contributed by atoms with van der Waals surface area (Å²) in [6, 6.07) is 12.6. The van der Waals surface area contributed by atoms with Crippen LogP contribution in [0.3, 0.4) is 0 Å². The standard InChI is InChI=1S/C14H19N/c1-2-4-11(5-3-1)8-12-9-13-6-7-14(10-12)15-13/h1-5,12-15H,6-10H2/t13-,14-/m0/s1. The molecule has 80 valence electrons. The third-order valence-corrected chi connectivity index (χ3v) is 3.94. The van der Waals surface area contributed by atoms with Crippen LogP contribution in [0.15, 0.2) is 30.3 Å². The summed E-state index contributed by atoms with van der Waals surface area (Å²) in [5, 5.41) is 3.71. The van der Waals surface area contributed by atoms with Gasteiger partial charge < -0.3 is 5.32 Å². The molecule has 0 saturated carbocycles. The van der Waals surface area contributed by atoms with Crippen LogP contribution in [0.25, 0.3) is 0 Å². The lowest BCUT2D eigenvalue weighted by Crippen LogP contribution is -2.38. The van der Waals surface area contributed by atoms with Gasteiger partial charge in [0.05, 0.1) is 0 Å². The summed E-state index contributed by atoms with van der Waals surface area (Å²) in [6.45, 7) is 0. The van der Waals surface area contributed by atoms with E-state index in [1.807, 2.05) is 0 Å². The molecule has 2 aliphatic heterocycles. The monoisotopic (exact) mass is 201 g/mol. The molecule has 1 nitrogen and oxygen atoms in total. The molecule has 0 amide bonds. The van der Waals surface area contributed by atoms with Crippen molar-refractivity contribution in [2.45, 2.75) is 44.2 Å². The fraction of sp³-hybridized carbons (Fsp3) is 0.571. The second kappa shape index (κ2) is 3.97. The van der Waals surface area contributed by atoms with Gasteiger partial charge >= 0.3 is 0 Å². The Kier molecular flexibility index (Phi) is 2.49. The first-order valence-corrected chi connectivity index (χ1v) is 6.20. The second-order valence-corrected chi connectivity index (χ2v) is 5.17. The van der Waals surface area contributed by atoms with Crippen molar-refractivity contribution in [1.82, 2.24) is 5.32 Å². The van der Waals surface area contributed by atoms with Crippen LogP contribution in [0, 0.1) is 5.92 Å². The molecule has 2 bridgehead atoms. The Morgan fingerprint density at radius 3 is 2.33 bits per heavy atom. The van der Waals surface area contributed by atoms with Gasteiger partial charge in [0.25, 0.3) is 0 Å². The third kappa shape index (κ3) is 2.07. The average Bonchev–Trinajstić information content (AvgIpc) is 2.60. The zero-order chi connectivity index (χ0) is 10.1. The fourth-order valence-corrected chi connectivity index (χ4v) is 3.29. The van der Waals surface area contributed by atoms with Gasteiger partial charge in [-0.1, -0.05) is 30.3 Å². The molecule has 3 rings (SSSR count). The summed E-state index contributed by atoms with van der Waals surface area (Å²) in [7, 11) is 0. The predicted octanol–water partition coefficient (Wildman–Crippen LogP) is 2.76. The Hall–Kier alpha value is -0.820. The van der Waals surface area contributed by atoms with Crippen molar-refractivity contribution in [3.8, 4) is 0 Å². The molecule has 2 aliphatic rings. The van der Waals surface area contributed by atoms with E-state index in [0.717, 1.165) is 18.0 Å². The largest absolute Gasteiger partial charge is 0.311 e. The smallest absolute Gasteiger partial charge is 0.00729 e. The minimum Gasteiger partial charge on any atom is -0.311 e. The molecule has 1 aromatic rings. The summed E-state index contributed by atoms with van der Waals surface area (Å²) in [5.74, 6) is 0.922. The average molecular weight is 201 g/mol. The van der Waals surface area contributed by atoms with Gasteiger partial charge in [0, 0.05) is 12.1 Å². The number of piperidine rings is 1. The van der Waals surface area contributed by atoms with E-state index in [4.69, 9.17) is 0 Å². The molecule has 15 heavy (non-hydrogen) atoms. The molecule has 1 aromatic carbocycles. The minimum absolute atomic E-state index is 0.831. The van der Waals surface area contributed by atoms with Crippen molar-refractivity contribution < 1.29 is 0 Å². The molecule has 0 aliphatic carbocycles. The first-order chi connectivity index (χ1) is 7.40. The van der Waals surface area contributed by atoms with Gasteiger partial charge in [-0.25, -0.2) is 0 Å². The van der Waals surface area contributed by atoms with E-state index in [1.165, 1.54) is 37.7 Å². The molecule has 0 radical (unpaired) electrons. The number of hydrogen-bond acceptors (Lipinski definition) is 1. The fourth-order valence-electron chi connectivity index (χ4n) is 3.29. The Balaban J connectivity index is 1.65. The Morgan fingerprint density at radius 2 is 1.67 bits per heavy atom. The molecule has 0 spiro atoms. The number of rotatable bonds is 2. The first-order valence-electron chi connectivity index (χ1n) is 6.20. The molecular formula is C14H19N. The number of benzene rings is 1. The van der Waals surface area contributed by atoms with E-state index in [-0.39, 0.29) is 0 Å². The molecule has 0 aromatic heterocycles. The summed E-state index contributed by atoms with van der Waals surface area (Å²) < 4.78 is 0. The molecule has 2 saturated heterocycles. The Morgan fingerprint density at radius 1 is 1.00 bits per heavy atom. The van der Waals surface area contributed by atoms with E-state index < -0.39 is 0 Å². The predicted molar refractivity (Wildman–Crippen MR) is 62.8 cm³/mol. The quantitative estimate of drug-likeness (QED) is 0.776. The van der Waals surface area contributed by atoms with Crippen LogP contribution in [-0.4, -0.2) is 12.1 Å². The lowest BCUT2D eigenvalue weighted by Gasteiger charge is -2.29. The molecule has 2 fully saturated rings.